The van der Waals surface area contributed by atoms with Crippen LogP contribution >= 0.6 is 22.6 Å². The zero-order valence-corrected chi connectivity index (χ0v) is 14.6. The highest BCUT2D eigenvalue weighted by molar-refractivity contribution is 14.1. The van der Waals surface area contributed by atoms with Crippen LogP contribution in [0, 0.1) is 16.3 Å². The first-order valence-corrected chi connectivity index (χ1v) is 8.06. The predicted octanol–water partition coefficient (Wildman–Crippen LogP) is 5.20. The van der Waals surface area contributed by atoms with Crippen molar-refractivity contribution < 1.29 is 9.13 Å². The number of ether oxygens (including phenoxy) is 1. The molecule has 0 radical (unpaired) electrons. The molecule has 2 aromatic carbocycles. The van der Waals surface area contributed by atoms with Crippen LogP contribution in [-0.2, 0) is 0 Å². The van der Waals surface area contributed by atoms with E-state index in [1.807, 2.05) is 38.1 Å². The summed E-state index contributed by atoms with van der Waals surface area (Å²) in [5, 5.41) is 3.30. The average molecular weight is 399 g/mol. The molecule has 2 rings (SSSR count). The molecule has 0 aliphatic carbocycles. The molecule has 0 heterocycles. The van der Waals surface area contributed by atoms with E-state index in [2.05, 4.69) is 27.9 Å². The zero-order chi connectivity index (χ0) is 15.4. The van der Waals surface area contributed by atoms with Crippen molar-refractivity contribution in [3.63, 3.8) is 0 Å². The van der Waals surface area contributed by atoms with E-state index in [9.17, 15) is 4.39 Å². The van der Waals surface area contributed by atoms with Crippen LogP contribution < -0.4 is 10.1 Å². The lowest BCUT2D eigenvalue weighted by molar-refractivity contribution is 0.456. The Labute approximate surface area is 138 Å². The van der Waals surface area contributed by atoms with Crippen LogP contribution in [0.25, 0.3) is 0 Å². The number of rotatable bonds is 5. The Kier molecular flexibility index (Phi) is 5.58. The maximum Gasteiger partial charge on any atom is 0.140 e. The predicted molar refractivity (Wildman–Crippen MR) is 92.5 cm³/mol. The van der Waals surface area contributed by atoms with E-state index in [0.29, 0.717) is 11.3 Å². The van der Waals surface area contributed by atoms with Gasteiger partial charge in [0.1, 0.15) is 17.3 Å². The van der Waals surface area contributed by atoms with Gasteiger partial charge in [-0.3, -0.25) is 0 Å². The highest BCUT2D eigenvalue weighted by Crippen LogP contribution is 2.33. The van der Waals surface area contributed by atoms with E-state index in [0.717, 1.165) is 21.4 Å². The molecular formula is C17H19FINO. The van der Waals surface area contributed by atoms with E-state index < -0.39 is 0 Å². The lowest BCUT2D eigenvalue weighted by atomic mass is 10.0. The summed E-state index contributed by atoms with van der Waals surface area (Å²) in [6.07, 6.45) is 0. The molecule has 0 spiro atoms. The molecule has 0 bridgehead atoms. The molecule has 1 N–H and O–H groups in total. The molecule has 0 saturated heterocycles. The molecule has 112 valence electrons. The average Bonchev–Trinajstić information content (AvgIpc) is 2.45. The standard InChI is InChI=1S/C17H19FINO/c1-4-20-12(3)13-10-14(18)11(2)9-17(13)21-16-8-6-5-7-15(16)19/h5-10,12,20H,4H2,1-3H3. The summed E-state index contributed by atoms with van der Waals surface area (Å²) in [4.78, 5) is 0. The minimum absolute atomic E-state index is 0.0291. The summed E-state index contributed by atoms with van der Waals surface area (Å²) in [6.45, 7) is 6.61. The second kappa shape index (κ2) is 7.22. The Morgan fingerprint density at radius 3 is 2.62 bits per heavy atom. The Hall–Kier alpha value is -1.14. The Balaban J connectivity index is 2.41. The first-order chi connectivity index (χ1) is 10.0. The Bertz CT molecular complexity index is 630. The Morgan fingerprint density at radius 2 is 1.95 bits per heavy atom. The van der Waals surface area contributed by atoms with Gasteiger partial charge in [-0.2, -0.15) is 0 Å². The van der Waals surface area contributed by atoms with Gasteiger partial charge in [0.2, 0.25) is 0 Å². The molecule has 1 unspecified atom stereocenters. The largest absolute Gasteiger partial charge is 0.456 e. The summed E-state index contributed by atoms with van der Waals surface area (Å²) in [5.74, 6) is 1.28. The van der Waals surface area contributed by atoms with Gasteiger partial charge in [0.15, 0.2) is 0 Å². The van der Waals surface area contributed by atoms with E-state index in [1.165, 1.54) is 0 Å². The van der Waals surface area contributed by atoms with Crippen LogP contribution in [-0.4, -0.2) is 6.54 Å². The third-order valence-corrected chi connectivity index (χ3v) is 4.22. The van der Waals surface area contributed by atoms with Gasteiger partial charge in [-0.1, -0.05) is 19.1 Å². The van der Waals surface area contributed by atoms with E-state index >= 15 is 0 Å². The fourth-order valence-corrected chi connectivity index (χ4v) is 2.66. The van der Waals surface area contributed by atoms with Crippen molar-refractivity contribution in [1.29, 1.82) is 0 Å². The molecule has 0 amide bonds. The quantitative estimate of drug-likeness (QED) is 0.698. The van der Waals surface area contributed by atoms with Gasteiger partial charge in [0.25, 0.3) is 0 Å². The normalized spacial score (nSPS) is 12.2. The number of nitrogens with one attached hydrogen (secondary N) is 1. The number of benzene rings is 2. The summed E-state index contributed by atoms with van der Waals surface area (Å²) < 4.78 is 20.9. The second-order valence-electron chi connectivity index (χ2n) is 4.95. The number of para-hydroxylation sites is 1. The van der Waals surface area contributed by atoms with Gasteiger partial charge in [-0.25, -0.2) is 4.39 Å². The molecule has 1 atom stereocenters. The van der Waals surface area contributed by atoms with Gasteiger partial charge in [-0.05, 0) is 72.8 Å². The zero-order valence-electron chi connectivity index (χ0n) is 12.4. The minimum atomic E-state index is -0.204. The summed E-state index contributed by atoms with van der Waals surface area (Å²) >= 11 is 2.23. The SMILES string of the molecule is CCNC(C)c1cc(F)c(C)cc1Oc1ccccc1I. The van der Waals surface area contributed by atoms with Crippen LogP contribution in [0.4, 0.5) is 4.39 Å². The first-order valence-electron chi connectivity index (χ1n) is 6.98. The highest BCUT2D eigenvalue weighted by atomic mass is 127. The summed E-state index contributed by atoms with van der Waals surface area (Å²) in [6, 6.07) is 11.2. The maximum absolute atomic E-state index is 13.9. The van der Waals surface area contributed by atoms with Crippen molar-refractivity contribution in [3.8, 4) is 11.5 Å². The summed E-state index contributed by atoms with van der Waals surface area (Å²) in [5.41, 5.74) is 1.42. The lowest BCUT2D eigenvalue weighted by Gasteiger charge is -2.19. The van der Waals surface area contributed by atoms with Crippen LogP contribution in [0.1, 0.15) is 31.0 Å². The third-order valence-electron chi connectivity index (χ3n) is 3.32. The van der Waals surface area contributed by atoms with Crippen LogP contribution in [0.2, 0.25) is 0 Å². The lowest BCUT2D eigenvalue weighted by Crippen LogP contribution is -2.18. The van der Waals surface area contributed by atoms with Gasteiger partial charge in [0, 0.05) is 11.6 Å². The van der Waals surface area contributed by atoms with Gasteiger partial charge >= 0.3 is 0 Å². The molecule has 21 heavy (non-hydrogen) atoms. The molecule has 4 heteroatoms. The van der Waals surface area contributed by atoms with E-state index in [1.54, 1.807) is 19.1 Å². The third kappa shape index (κ3) is 3.95. The van der Waals surface area contributed by atoms with Gasteiger partial charge in [-0.15, -0.1) is 0 Å². The monoisotopic (exact) mass is 399 g/mol. The van der Waals surface area contributed by atoms with Crippen molar-refractivity contribution in [1.82, 2.24) is 5.32 Å². The van der Waals surface area contributed by atoms with Crippen LogP contribution in [0.15, 0.2) is 36.4 Å². The topological polar surface area (TPSA) is 21.3 Å². The molecule has 0 fully saturated rings. The number of hydrogen-bond donors (Lipinski definition) is 1. The molecule has 0 saturated carbocycles. The maximum atomic E-state index is 13.9. The highest BCUT2D eigenvalue weighted by Gasteiger charge is 2.15. The van der Waals surface area contributed by atoms with Crippen molar-refractivity contribution in [3.05, 3.63) is 56.9 Å². The second-order valence-corrected chi connectivity index (χ2v) is 6.11. The molecule has 0 aromatic heterocycles. The van der Waals surface area contributed by atoms with Crippen LogP contribution in [0.3, 0.4) is 0 Å². The fraction of sp³-hybridized carbons (Fsp3) is 0.294. The molecule has 2 aromatic rings. The molecule has 0 aliphatic heterocycles. The molecular weight excluding hydrogens is 380 g/mol. The number of halogens is 2. The Morgan fingerprint density at radius 1 is 1.24 bits per heavy atom. The van der Waals surface area contributed by atoms with Crippen molar-refractivity contribution >= 4 is 22.6 Å². The minimum Gasteiger partial charge on any atom is -0.456 e. The van der Waals surface area contributed by atoms with E-state index in [4.69, 9.17) is 4.74 Å². The van der Waals surface area contributed by atoms with Crippen molar-refractivity contribution in [2.45, 2.75) is 26.8 Å². The smallest absolute Gasteiger partial charge is 0.140 e. The number of hydrogen-bond acceptors (Lipinski definition) is 2. The molecule has 2 nitrogen and oxygen atoms in total. The van der Waals surface area contributed by atoms with Crippen molar-refractivity contribution in [2.75, 3.05) is 6.54 Å². The van der Waals surface area contributed by atoms with E-state index in [-0.39, 0.29) is 11.9 Å². The first kappa shape index (κ1) is 16.2. The summed E-state index contributed by atoms with van der Waals surface area (Å²) in [7, 11) is 0. The molecule has 0 aliphatic rings. The number of aryl methyl sites for hydroxylation is 1. The fourth-order valence-electron chi connectivity index (χ4n) is 2.16. The van der Waals surface area contributed by atoms with Crippen molar-refractivity contribution in [2.24, 2.45) is 0 Å². The van der Waals surface area contributed by atoms with Gasteiger partial charge < -0.3 is 10.1 Å². The van der Waals surface area contributed by atoms with Gasteiger partial charge in [0.05, 0.1) is 3.57 Å². The van der Waals surface area contributed by atoms with Crippen LogP contribution in [0.5, 0.6) is 11.5 Å².